The zero-order chi connectivity index (χ0) is 12.4. The Bertz CT molecular complexity index is 529. The molecular formula is C14H16ClN3. The fourth-order valence-corrected chi connectivity index (χ4v) is 2.72. The first kappa shape index (κ1) is 11.8. The normalized spacial score (nSPS) is 16.3. The van der Waals surface area contributed by atoms with E-state index in [1.165, 1.54) is 31.6 Å². The number of aromatic nitrogens is 2. The van der Waals surface area contributed by atoms with E-state index in [0.29, 0.717) is 5.15 Å². The number of hydrogen-bond acceptors (Lipinski definition) is 2. The van der Waals surface area contributed by atoms with Gasteiger partial charge in [0.1, 0.15) is 0 Å². The zero-order valence-electron chi connectivity index (χ0n) is 10.2. The molecule has 0 aromatic carbocycles. The van der Waals surface area contributed by atoms with E-state index >= 15 is 0 Å². The lowest BCUT2D eigenvalue weighted by Crippen LogP contribution is -2.20. The first-order valence-electron chi connectivity index (χ1n) is 6.34. The molecule has 0 saturated carbocycles. The van der Waals surface area contributed by atoms with Crippen molar-refractivity contribution in [1.82, 2.24) is 14.5 Å². The van der Waals surface area contributed by atoms with Gasteiger partial charge in [-0.1, -0.05) is 11.6 Å². The standard InChI is InChI=1S/C14H16ClN3/c15-14-13(6-3-7-16-14)18-10-4-5-12(18)11-17-8-1-2-9-17/h3-7,10H,1-2,8-9,11H2. The number of pyridine rings is 1. The average molecular weight is 262 g/mol. The molecule has 0 aliphatic carbocycles. The molecule has 3 nitrogen and oxygen atoms in total. The third-order valence-corrected chi connectivity index (χ3v) is 3.71. The molecule has 0 bridgehead atoms. The third-order valence-electron chi connectivity index (χ3n) is 3.42. The second-order valence-electron chi connectivity index (χ2n) is 4.67. The molecule has 0 spiro atoms. The molecule has 0 N–H and O–H groups in total. The van der Waals surface area contributed by atoms with Crippen LogP contribution in [0.1, 0.15) is 18.5 Å². The van der Waals surface area contributed by atoms with Gasteiger partial charge in [0.2, 0.25) is 0 Å². The van der Waals surface area contributed by atoms with Crippen molar-refractivity contribution in [2.45, 2.75) is 19.4 Å². The van der Waals surface area contributed by atoms with Gasteiger partial charge in [0.15, 0.2) is 5.15 Å². The quantitative estimate of drug-likeness (QED) is 0.792. The lowest BCUT2D eigenvalue weighted by molar-refractivity contribution is 0.325. The molecule has 1 aliphatic rings. The van der Waals surface area contributed by atoms with Gasteiger partial charge in [-0.15, -0.1) is 0 Å². The first-order chi connectivity index (χ1) is 8.84. The SMILES string of the molecule is Clc1ncccc1-n1cccc1CN1CCCC1. The maximum atomic E-state index is 6.16. The van der Waals surface area contributed by atoms with Crippen molar-refractivity contribution in [3.05, 3.63) is 47.5 Å². The number of rotatable bonds is 3. The van der Waals surface area contributed by atoms with Gasteiger partial charge in [-0.2, -0.15) is 0 Å². The van der Waals surface area contributed by atoms with Crippen LogP contribution < -0.4 is 0 Å². The van der Waals surface area contributed by atoms with Crippen molar-refractivity contribution >= 4 is 11.6 Å². The van der Waals surface area contributed by atoms with E-state index in [9.17, 15) is 0 Å². The summed E-state index contributed by atoms with van der Waals surface area (Å²) in [4.78, 5) is 6.62. The van der Waals surface area contributed by atoms with Crippen molar-refractivity contribution in [2.24, 2.45) is 0 Å². The molecule has 1 fully saturated rings. The molecule has 3 rings (SSSR count). The van der Waals surface area contributed by atoms with Gasteiger partial charge in [-0.3, -0.25) is 4.90 Å². The van der Waals surface area contributed by atoms with Gasteiger partial charge in [0, 0.05) is 24.6 Å². The Hall–Kier alpha value is -1.32. The highest BCUT2D eigenvalue weighted by atomic mass is 35.5. The lowest BCUT2D eigenvalue weighted by Gasteiger charge is -2.17. The third kappa shape index (κ3) is 2.28. The zero-order valence-corrected chi connectivity index (χ0v) is 11.0. The van der Waals surface area contributed by atoms with Gasteiger partial charge < -0.3 is 4.57 Å². The van der Waals surface area contributed by atoms with Crippen molar-refractivity contribution < 1.29 is 0 Å². The van der Waals surface area contributed by atoms with Crippen molar-refractivity contribution in [3.63, 3.8) is 0 Å². The summed E-state index contributed by atoms with van der Waals surface area (Å²) < 4.78 is 2.13. The number of nitrogens with zero attached hydrogens (tertiary/aromatic N) is 3. The van der Waals surface area contributed by atoms with Crippen LogP contribution in [0.4, 0.5) is 0 Å². The molecule has 3 heterocycles. The predicted molar refractivity (Wildman–Crippen MR) is 73.1 cm³/mol. The van der Waals surface area contributed by atoms with Gasteiger partial charge >= 0.3 is 0 Å². The van der Waals surface area contributed by atoms with E-state index in [4.69, 9.17) is 11.6 Å². The monoisotopic (exact) mass is 261 g/mol. The van der Waals surface area contributed by atoms with Crippen LogP contribution in [-0.4, -0.2) is 27.5 Å². The van der Waals surface area contributed by atoms with Gasteiger partial charge in [-0.25, -0.2) is 4.98 Å². The van der Waals surface area contributed by atoms with Crippen molar-refractivity contribution in [1.29, 1.82) is 0 Å². The topological polar surface area (TPSA) is 21.1 Å². The number of halogens is 1. The Morgan fingerprint density at radius 1 is 1.17 bits per heavy atom. The molecule has 1 aliphatic heterocycles. The molecule has 0 amide bonds. The molecule has 2 aromatic heterocycles. The highest BCUT2D eigenvalue weighted by molar-refractivity contribution is 6.31. The maximum Gasteiger partial charge on any atom is 0.152 e. The highest BCUT2D eigenvalue weighted by Gasteiger charge is 2.14. The summed E-state index contributed by atoms with van der Waals surface area (Å²) in [6, 6.07) is 8.14. The lowest BCUT2D eigenvalue weighted by atomic mass is 10.3. The fraction of sp³-hybridized carbons (Fsp3) is 0.357. The molecule has 0 radical (unpaired) electrons. The first-order valence-corrected chi connectivity index (χ1v) is 6.72. The molecule has 0 unspecified atom stereocenters. The van der Waals surface area contributed by atoms with E-state index in [1.54, 1.807) is 6.20 Å². The molecule has 4 heteroatoms. The summed E-state index contributed by atoms with van der Waals surface area (Å²) in [7, 11) is 0. The molecule has 2 aromatic rings. The second kappa shape index (κ2) is 5.12. The van der Waals surface area contributed by atoms with Crippen LogP contribution in [0.5, 0.6) is 0 Å². The maximum absolute atomic E-state index is 6.16. The molecule has 1 saturated heterocycles. The molecule has 18 heavy (non-hydrogen) atoms. The number of hydrogen-bond donors (Lipinski definition) is 0. The van der Waals surface area contributed by atoms with Gasteiger partial charge in [-0.05, 0) is 50.2 Å². The Labute approximate surface area is 112 Å². The van der Waals surface area contributed by atoms with Crippen LogP contribution in [0.15, 0.2) is 36.7 Å². The summed E-state index contributed by atoms with van der Waals surface area (Å²) in [6.45, 7) is 3.39. The highest BCUT2D eigenvalue weighted by Crippen LogP contribution is 2.21. The smallest absolute Gasteiger partial charge is 0.152 e. The fourth-order valence-electron chi connectivity index (χ4n) is 2.51. The minimum absolute atomic E-state index is 0.552. The largest absolute Gasteiger partial charge is 0.317 e. The number of likely N-dealkylation sites (tertiary alicyclic amines) is 1. The molecule has 0 atom stereocenters. The Kier molecular flexibility index (Phi) is 3.35. The predicted octanol–water partition coefficient (Wildman–Crippen LogP) is 3.12. The summed E-state index contributed by atoms with van der Waals surface area (Å²) in [6.07, 6.45) is 6.40. The van der Waals surface area contributed by atoms with Crippen molar-refractivity contribution in [3.8, 4) is 5.69 Å². The Balaban J connectivity index is 1.89. The van der Waals surface area contributed by atoms with Gasteiger partial charge in [0.25, 0.3) is 0 Å². The van der Waals surface area contributed by atoms with E-state index < -0.39 is 0 Å². The Morgan fingerprint density at radius 2 is 2.00 bits per heavy atom. The summed E-state index contributed by atoms with van der Waals surface area (Å²) >= 11 is 6.16. The van der Waals surface area contributed by atoms with Crippen LogP contribution in [0.3, 0.4) is 0 Å². The van der Waals surface area contributed by atoms with Gasteiger partial charge in [0.05, 0.1) is 5.69 Å². The van der Waals surface area contributed by atoms with Crippen molar-refractivity contribution in [2.75, 3.05) is 13.1 Å². The summed E-state index contributed by atoms with van der Waals surface area (Å²) in [5.41, 5.74) is 2.23. The van der Waals surface area contributed by atoms with Crippen LogP contribution in [0, 0.1) is 0 Å². The van der Waals surface area contributed by atoms with E-state index in [0.717, 1.165) is 12.2 Å². The average Bonchev–Trinajstić information content (AvgIpc) is 3.02. The second-order valence-corrected chi connectivity index (χ2v) is 5.02. The molecule has 94 valence electrons. The van der Waals surface area contributed by atoms with Crippen LogP contribution in [0.25, 0.3) is 5.69 Å². The van der Waals surface area contributed by atoms with E-state index in [-0.39, 0.29) is 0 Å². The Morgan fingerprint density at radius 3 is 2.78 bits per heavy atom. The minimum atomic E-state index is 0.552. The molecular weight excluding hydrogens is 246 g/mol. The van der Waals surface area contributed by atoms with E-state index in [1.807, 2.05) is 18.3 Å². The van der Waals surface area contributed by atoms with Crippen LogP contribution >= 0.6 is 11.6 Å². The van der Waals surface area contributed by atoms with Crippen LogP contribution in [0.2, 0.25) is 5.15 Å². The van der Waals surface area contributed by atoms with E-state index in [2.05, 4.69) is 26.6 Å². The minimum Gasteiger partial charge on any atom is -0.317 e. The van der Waals surface area contributed by atoms with Crippen LogP contribution in [-0.2, 0) is 6.54 Å². The summed E-state index contributed by atoms with van der Waals surface area (Å²) in [5.74, 6) is 0. The summed E-state index contributed by atoms with van der Waals surface area (Å²) in [5, 5.41) is 0.552.